The van der Waals surface area contributed by atoms with E-state index in [9.17, 15) is 10.2 Å². The average Bonchev–Trinajstić information content (AvgIpc) is 2.75. The standard InChI is InChI=1S/C14H16O6/c15-7-11-12(16)13(17)14(20-11)19-9-3-4-10-8(6-9)2-1-5-18-10/h1,3-6,11-17H,2,7H2/t11-,12+,13-,14-/m1/s1. The third kappa shape index (κ3) is 2.38. The SMILES string of the molecule is OC[C@H]1O[C@@H](Oc2ccc3c(c2)CC=CO3)[C@H](O)[C@H]1O. The molecule has 0 aliphatic carbocycles. The molecule has 0 radical (unpaired) electrons. The summed E-state index contributed by atoms with van der Waals surface area (Å²) in [4.78, 5) is 0. The van der Waals surface area contributed by atoms with Crippen LogP contribution in [0.1, 0.15) is 5.56 Å². The number of allylic oxidation sites excluding steroid dienone is 1. The van der Waals surface area contributed by atoms with Gasteiger partial charge in [-0.15, -0.1) is 0 Å². The quantitative estimate of drug-likeness (QED) is 0.719. The van der Waals surface area contributed by atoms with Crippen LogP contribution in [0.3, 0.4) is 0 Å². The lowest BCUT2D eigenvalue weighted by molar-refractivity contribution is -0.116. The molecule has 1 fully saturated rings. The van der Waals surface area contributed by atoms with Gasteiger partial charge in [0.15, 0.2) is 0 Å². The third-order valence-electron chi connectivity index (χ3n) is 3.41. The molecule has 6 nitrogen and oxygen atoms in total. The monoisotopic (exact) mass is 280 g/mol. The minimum absolute atomic E-state index is 0.374. The van der Waals surface area contributed by atoms with Gasteiger partial charge in [0, 0.05) is 5.56 Å². The first-order valence-electron chi connectivity index (χ1n) is 6.43. The Morgan fingerprint density at radius 3 is 2.85 bits per heavy atom. The summed E-state index contributed by atoms with van der Waals surface area (Å²) >= 11 is 0. The highest BCUT2D eigenvalue weighted by Crippen LogP contribution is 2.30. The molecule has 1 aromatic carbocycles. The summed E-state index contributed by atoms with van der Waals surface area (Å²) in [7, 11) is 0. The van der Waals surface area contributed by atoms with Gasteiger partial charge in [0.05, 0.1) is 12.9 Å². The van der Waals surface area contributed by atoms with Gasteiger partial charge in [0.1, 0.15) is 29.8 Å². The van der Waals surface area contributed by atoms with Gasteiger partial charge in [0.2, 0.25) is 6.29 Å². The molecule has 1 saturated heterocycles. The zero-order valence-electron chi connectivity index (χ0n) is 10.7. The predicted octanol–water partition coefficient (Wildman–Crippen LogP) is -0.0470. The molecule has 2 heterocycles. The van der Waals surface area contributed by atoms with Crippen LogP contribution in [0.2, 0.25) is 0 Å². The van der Waals surface area contributed by atoms with Gasteiger partial charge in [0.25, 0.3) is 0 Å². The van der Waals surface area contributed by atoms with Crippen LogP contribution in [-0.4, -0.2) is 46.5 Å². The smallest absolute Gasteiger partial charge is 0.229 e. The molecule has 0 aromatic heterocycles. The largest absolute Gasteiger partial charge is 0.465 e. The van der Waals surface area contributed by atoms with Gasteiger partial charge in [-0.3, -0.25) is 0 Å². The van der Waals surface area contributed by atoms with Crippen molar-refractivity contribution in [3.63, 3.8) is 0 Å². The molecule has 2 aliphatic heterocycles. The second-order valence-corrected chi connectivity index (χ2v) is 4.79. The number of hydrogen-bond donors (Lipinski definition) is 3. The molecule has 4 atom stereocenters. The Bertz CT molecular complexity index is 514. The van der Waals surface area contributed by atoms with Gasteiger partial charge in [-0.05, 0) is 30.7 Å². The van der Waals surface area contributed by atoms with Gasteiger partial charge in [-0.25, -0.2) is 0 Å². The molecule has 0 unspecified atom stereocenters. The maximum Gasteiger partial charge on any atom is 0.229 e. The van der Waals surface area contributed by atoms with Crippen LogP contribution >= 0.6 is 0 Å². The summed E-state index contributed by atoms with van der Waals surface area (Å²) in [6.45, 7) is -0.374. The Hall–Kier alpha value is -1.60. The average molecular weight is 280 g/mol. The first kappa shape index (κ1) is 13.4. The van der Waals surface area contributed by atoms with Gasteiger partial charge in [-0.1, -0.05) is 0 Å². The molecule has 0 amide bonds. The number of benzene rings is 1. The molecule has 20 heavy (non-hydrogen) atoms. The van der Waals surface area contributed by atoms with E-state index in [1.165, 1.54) is 0 Å². The van der Waals surface area contributed by atoms with E-state index in [1.54, 1.807) is 24.5 Å². The number of ether oxygens (including phenoxy) is 3. The second-order valence-electron chi connectivity index (χ2n) is 4.79. The highest BCUT2D eigenvalue weighted by atomic mass is 16.7. The van der Waals surface area contributed by atoms with E-state index >= 15 is 0 Å². The molecular weight excluding hydrogens is 264 g/mol. The summed E-state index contributed by atoms with van der Waals surface area (Å²) in [5.41, 5.74) is 0.969. The fourth-order valence-electron chi connectivity index (χ4n) is 2.30. The highest BCUT2D eigenvalue weighted by molar-refractivity contribution is 5.43. The van der Waals surface area contributed by atoms with Gasteiger partial charge < -0.3 is 29.5 Å². The number of fused-ring (bicyclic) bond motifs is 1. The van der Waals surface area contributed by atoms with Crippen LogP contribution in [0, 0.1) is 0 Å². The normalized spacial score (nSPS) is 31.8. The van der Waals surface area contributed by atoms with Crippen molar-refractivity contribution >= 4 is 0 Å². The minimum atomic E-state index is -1.20. The van der Waals surface area contributed by atoms with Crippen LogP contribution < -0.4 is 9.47 Å². The summed E-state index contributed by atoms with van der Waals surface area (Å²) < 4.78 is 16.1. The van der Waals surface area contributed by atoms with Crippen molar-refractivity contribution in [3.8, 4) is 11.5 Å². The zero-order chi connectivity index (χ0) is 14.1. The second kappa shape index (κ2) is 5.41. The number of aliphatic hydroxyl groups is 3. The Kier molecular flexibility index (Phi) is 3.62. The first-order chi connectivity index (χ1) is 9.69. The lowest BCUT2D eigenvalue weighted by Crippen LogP contribution is -2.35. The summed E-state index contributed by atoms with van der Waals surface area (Å²) in [5.74, 6) is 1.28. The Balaban J connectivity index is 1.72. The van der Waals surface area contributed by atoms with E-state index in [1.807, 2.05) is 6.08 Å². The summed E-state index contributed by atoms with van der Waals surface area (Å²) in [5, 5.41) is 28.5. The number of aliphatic hydroxyl groups excluding tert-OH is 3. The van der Waals surface area contributed by atoms with E-state index in [-0.39, 0.29) is 6.61 Å². The molecule has 0 saturated carbocycles. The Morgan fingerprint density at radius 2 is 2.10 bits per heavy atom. The van der Waals surface area contributed by atoms with Gasteiger partial charge >= 0.3 is 0 Å². The molecular formula is C14H16O6. The van der Waals surface area contributed by atoms with E-state index in [0.717, 1.165) is 17.7 Å². The highest BCUT2D eigenvalue weighted by Gasteiger charge is 2.43. The van der Waals surface area contributed by atoms with Crippen LogP contribution in [0.4, 0.5) is 0 Å². The topological polar surface area (TPSA) is 88.4 Å². The first-order valence-corrected chi connectivity index (χ1v) is 6.43. The van der Waals surface area contributed by atoms with Crippen LogP contribution in [0.15, 0.2) is 30.5 Å². The lowest BCUT2D eigenvalue weighted by atomic mass is 10.1. The van der Waals surface area contributed by atoms with Crippen molar-refractivity contribution in [2.45, 2.75) is 31.0 Å². The fourth-order valence-corrected chi connectivity index (χ4v) is 2.30. The van der Waals surface area contributed by atoms with E-state index < -0.39 is 24.6 Å². The Morgan fingerprint density at radius 1 is 1.25 bits per heavy atom. The van der Waals surface area contributed by atoms with Crippen molar-refractivity contribution in [2.24, 2.45) is 0 Å². The molecule has 1 aromatic rings. The van der Waals surface area contributed by atoms with E-state index in [2.05, 4.69) is 0 Å². The molecule has 2 aliphatic rings. The molecule has 6 heteroatoms. The predicted molar refractivity (Wildman–Crippen MR) is 68.3 cm³/mol. The number of rotatable bonds is 3. The van der Waals surface area contributed by atoms with Gasteiger partial charge in [-0.2, -0.15) is 0 Å². The molecule has 3 N–H and O–H groups in total. The van der Waals surface area contributed by atoms with Crippen LogP contribution in [-0.2, 0) is 11.2 Å². The molecule has 0 bridgehead atoms. The Labute approximate surface area is 115 Å². The van der Waals surface area contributed by atoms with Crippen molar-refractivity contribution in [1.82, 2.24) is 0 Å². The van der Waals surface area contributed by atoms with Crippen molar-refractivity contribution in [2.75, 3.05) is 6.61 Å². The van der Waals surface area contributed by atoms with Crippen molar-refractivity contribution in [3.05, 3.63) is 36.1 Å². The van der Waals surface area contributed by atoms with Crippen LogP contribution in [0.5, 0.6) is 11.5 Å². The summed E-state index contributed by atoms with van der Waals surface area (Å²) in [6.07, 6.45) is 0.0723. The maximum atomic E-state index is 9.81. The third-order valence-corrected chi connectivity index (χ3v) is 3.41. The number of hydrogen-bond acceptors (Lipinski definition) is 6. The minimum Gasteiger partial charge on any atom is -0.465 e. The van der Waals surface area contributed by atoms with E-state index in [4.69, 9.17) is 19.3 Å². The lowest BCUT2D eigenvalue weighted by Gasteiger charge is -2.18. The maximum absolute atomic E-state index is 9.81. The zero-order valence-corrected chi connectivity index (χ0v) is 10.7. The van der Waals surface area contributed by atoms with Crippen LogP contribution in [0.25, 0.3) is 0 Å². The van der Waals surface area contributed by atoms with Crippen molar-refractivity contribution in [1.29, 1.82) is 0 Å². The molecule has 0 spiro atoms. The van der Waals surface area contributed by atoms with E-state index in [0.29, 0.717) is 5.75 Å². The fraction of sp³-hybridized carbons (Fsp3) is 0.429. The van der Waals surface area contributed by atoms with Crippen molar-refractivity contribution < 1.29 is 29.5 Å². The summed E-state index contributed by atoms with van der Waals surface area (Å²) in [6, 6.07) is 5.27. The molecule has 108 valence electrons. The molecule has 3 rings (SSSR count).